The lowest BCUT2D eigenvalue weighted by molar-refractivity contribution is 0.0977. The average Bonchev–Trinajstić information content (AvgIpc) is 3.21. The summed E-state index contributed by atoms with van der Waals surface area (Å²) in [6.07, 6.45) is 0. The Hall–Kier alpha value is -4.10. The molecule has 0 saturated heterocycles. The van der Waals surface area contributed by atoms with Gasteiger partial charge in [0.15, 0.2) is 5.11 Å². The van der Waals surface area contributed by atoms with Crippen LogP contribution in [0.15, 0.2) is 72.8 Å². The van der Waals surface area contributed by atoms with Crippen molar-refractivity contribution >= 4 is 50.7 Å². The van der Waals surface area contributed by atoms with Crippen molar-refractivity contribution < 1.29 is 4.79 Å². The van der Waals surface area contributed by atoms with Gasteiger partial charge in [-0.05, 0) is 73.8 Å². The molecule has 7 heteroatoms. The molecular weight excluding hydrogens is 442 g/mol. The first-order valence-electron chi connectivity index (χ1n) is 10.9. The Bertz CT molecular complexity index is 1580. The molecule has 5 aromatic rings. The van der Waals surface area contributed by atoms with Crippen LogP contribution in [0.25, 0.3) is 27.5 Å². The molecule has 1 aromatic heterocycles. The van der Waals surface area contributed by atoms with Gasteiger partial charge in [-0.3, -0.25) is 10.1 Å². The number of rotatable bonds is 3. The average molecular weight is 466 g/mol. The highest BCUT2D eigenvalue weighted by atomic mass is 32.1. The van der Waals surface area contributed by atoms with Crippen molar-refractivity contribution in [2.75, 3.05) is 5.32 Å². The summed E-state index contributed by atoms with van der Waals surface area (Å²) < 4.78 is 0. The van der Waals surface area contributed by atoms with Gasteiger partial charge in [-0.2, -0.15) is 0 Å². The van der Waals surface area contributed by atoms with Crippen LogP contribution in [0.1, 0.15) is 27.0 Å². The van der Waals surface area contributed by atoms with Gasteiger partial charge in [0.25, 0.3) is 5.91 Å². The number of hydrogen-bond donors (Lipinski definition) is 2. The number of amides is 1. The van der Waals surface area contributed by atoms with Gasteiger partial charge in [0, 0.05) is 16.6 Å². The molecule has 0 spiro atoms. The van der Waals surface area contributed by atoms with E-state index in [2.05, 4.69) is 28.8 Å². The molecule has 0 saturated carbocycles. The highest BCUT2D eigenvalue weighted by molar-refractivity contribution is 7.80. The molecule has 0 radical (unpaired) electrons. The number of nitrogens with one attached hydrogen (secondary N) is 2. The summed E-state index contributed by atoms with van der Waals surface area (Å²) in [6, 6.07) is 23.8. The van der Waals surface area contributed by atoms with Gasteiger partial charge in [0.2, 0.25) is 0 Å². The number of hydrogen-bond acceptors (Lipinski definition) is 4. The lowest BCUT2D eigenvalue weighted by Gasteiger charge is -2.12. The first kappa shape index (κ1) is 21.7. The minimum absolute atomic E-state index is 0.230. The van der Waals surface area contributed by atoms with E-state index in [9.17, 15) is 4.79 Å². The largest absolute Gasteiger partial charge is 0.332 e. The summed E-state index contributed by atoms with van der Waals surface area (Å²) in [7, 11) is 0. The van der Waals surface area contributed by atoms with Crippen LogP contribution in [0, 0.1) is 20.8 Å². The second kappa shape index (κ2) is 8.68. The van der Waals surface area contributed by atoms with Crippen LogP contribution < -0.4 is 10.6 Å². The Morgan fingerprint density at radius 1 is 0.853 bits per heavy atom. The number of thiocarbonyl (C=S) groups is 1. The normalized spacial score (nSPS) is 11.0. The van der Waals surface area contributed by atoms with Gasteiger partial charge < -0.3 is 5.32 Å². The van der Waals surface area contributed by atoms with E-state index < -0.39 is 0 Å². The van der Waals surface area contributed by atoms with E-state index in [-0.39, 0.29) is 11.0 Å². The molecule has 0 aliphatic heterocycles. The fraction of sp³-hybridized carbons (Fsp3) is 0.111. The van der Waals surface area contributed by atoms with Gasteiger partial charge in [-0.25, -0.2) is 0 Å². The molecule has 0 fully saturated rings. The smallest absolute Gasteiger partial charge is 0.257 e. The third kappa shape index (κ3) is 4.13. The second-order valence-corrected chi connectivity index (χ2v) is 8.78. The van der Waals surface area contributed by atoms with Crippen molar-refractivity contribution in [3.05, 3.63) is 95.1 Å². The van der Waals surface area contributed by atoms with Gasteiger partial charge in [-0.1, -0.05) is 54.1 Å². The number of aryl methyl sites for hydroxylation is 3. The van der Waals surface area contributed by atoms with Gasteiger partial charge in [0.1, 0.15) is 11.0 Å². The molecule has 0 aliphatic rings. The zero-order valence-electron chi connectivity index (χ0n) is 19.1. The van der Waals surface area contributed by atoms with E-state index in [1.165, 1.54) is 0 Å². The number of anilines is 1. The van der Waals surface area contributed by atoms with Crippen molar-refractivity contribution in [1.29, 1.82) is 0 Å². The van der Waals surface area contributed by atoms with Crippen LogP contribution in [-0.2, 0) is 0 Å². The van der Waals surface area contributed by atoms with E-state index in [1.807, 2.05) is 75.4 Å². The van der Waals surface area contributed by atoms with E-state index >= 15 is 0 Å². The number of benzene rings is 4. The molecule has 4 aromatic carbocycles. The monoisotopic (exact) mass is 465 g/mol. The minimum atomic E-state index is -0.240. The highest BCUT2D eigenvalue weighted by Gasteiger charge is 2.14. The number of carbonyl (C=O) groups is 1. The third-order valence-electron chi connectivity index (χ3n) is 5.81. The third-order valence-corrected chi connectivity index (χ3v) is 6.01. The predicted molar refractivity (Wildman–Crippen MR) is 141 cm³/mol. The molecule has 34 heavy (non-hydrogen) atoms. The Labute approximate surface area is 202 Å². The Balaban J connectivity index is 1.40. The molecule has 168 valence electrons. The highest BCUT2D eigenvalue weighted by Crippen LogP contribution is 2.25. The second-order valence-electron chi connectivity index (χ2n) is 8.37. The summed E-state index contributed by atoms with van der Waals surface area (Å²) in [6.45, 7) is 5.87. The Kier molecular flexibility index (Phi) is 5.55. The quantitative estimate of drug-likeness (QED) is 0.338. The lowest BCUT2D eigenvalue weighted by atomic mass is 10.1. The van der Waals surface area contributed by atoms with E-state index in [4.69, 9.17) is 22.4 Å². The van der Waals surface area contributed by atoms with Crippen molar-refractivity contribution in [2.24, 2.45) is 0 Å². The van der Waals surface area contributed by atoms with Crippen LogP contribution in [0.5, 0.6) is 0 Å². The SMILES string of the molecule is Cc1ccc(C(=O)NC(=S)Nc2cc3nn(-c4cccc5ccccc45)nc3cc2C)c(C)c1. The molecule has 6 nitrogen and oxygen atoms in total. The van der Waals surface area contributed by atoms with Crippen LogP contribution >= 0.6 is 12.2 Å². The van der Waals surface area contributed by atoms with E-state index in [0.717, 1.165) is 49.9 Å². The molecule has 1 heterocycles. The zero-order chi connectivity index (χ0) is 23.8. The van der Waals surface area contributed by atoms with Gasteiger partial charge in [-0.15, -0.1) is 15.0 Å². The topological polar surface area (TPSA) is 71.8 Å². The van der Waals surface area contributed by atoms with Crippen LogP contribution in [0.3, 0.4) is 0 Å². The van der Waals surface area contributed by atoms with Crippen LogP contribution in [-0.4, -0.2) is 26.0 Å². The molecule has 0 atom stereocenters. The lowest BCUT2D eigenvalue weighted by Crippen LogP contribution is -2.34. The maximum atomic E-state index is 12.7. The van der Waals surface area contributed by atoms with Gasteiger partial charge in [0.05, 0.1) is 5.69 Å². The summed E-state index contributed by atoms with van der Waals surface area (Å²) in [4.78, 5) is 14.3. The first-order valence-corrected chi connectivity index (χ1v) is 11.4. The van der Waals surface area contributed by atoms with Crippen LogP contribution in [0.2, 0.25) is 0 Å². The molecule has 5 rings (SSSR count). The maximum absolute atomic E-state index is 12.7. The van der Waals surface area contributed by atoms with E-state index in [0.29, 0.717) is 5.56 Å². The summed E-state index contributed by atoms with van der Waals surface area (Å²) in [5, 5.41) is 17.7. The van der Waals surface area contributed by atoms with Crippen molar-refractivity contribution in [2.45, 2.75) is 20.8 Å². The first-order chi connectivity index (χ1) is 16.4. The summed E-state index contributed by atoms with van der Waals surface area (Å²) in [5.74, 6) is -0.240. The number of nitrogens with zero attached hydrogens (tertiary/aromatic N) is 3. The molecule has 0 aliphatic carbocycles. The van der Waals surface area contributed by atoms with Crippen molar-refractivity contribution in [3.63, 3.8) is 0 Å². The van der Waals surface area contributed by atoms with E-state index in [1.54, 1.807) is 4.80 Å². The molecule has 0 bridgehead atoms. The molecular formula is C27H23N5OS. The standard InChI is InChI=1S/C27H23N5OS/c1-16-11-12-20(17(2)13-16)26(33)29-27(34)28-22-15-24-23(14-18(22)3)30-32(31-24)25-10-6-8-19-7-4-5-9-21(19)25/h4-15H,1-3H3,(H2,28,29,33,34). The number of aromatic nitrogens is 3. The summed E-state index contributed by atoms with van der Waals surface area (Å²) >= 11 is 5.41. The van der Waals surface area contributed by atoms with Gasteiger partial charge >= 0.3 is 0 Å². The fourth-order valence-corrected chi connectivity index (χ4v) is 4.29. The fourth-order valence-electron chi connectivity index (χ4n) is 4.09. The molecule has 0 unspecified atom stereocenters. The zero-order valence-corrected chi connectivity index (χ0v) is 19.9. The molecule has 1 amide bonds. The molecule has 2 N–H and O–H groups in total. The van der Waals surface area contributed by atoms with Crippen molar-refractivity contribution in [3.8, 4) is 5.69 Å². The predicted octanol–water partition coefficient (Wildman–Crippen LogP) is 5.63. The Morgan fingerprint density at radius 2 is 1.59 bits per heavy atom. The number of fused-ring (bicyclic) bond motifs is 2. The summed E-state index contributed by atoms with van der Waals surface area (Å²) in [5.41, 5.74) is 6.74. The minimum Gasteiger partial charge on any atom is -0.332 e. The van der Waals surface area contributed by atoms with Crippen LogP contribution in [0.4, 0.5) is 5.69 Å². The maximum Gasteiger partial charge on any atom is 0.257 e. The van der Waals surface area contributed by atoms with Crippen molar-refractivity contribution in [1.82, 2.24) is 20.3 Å². The Morgan fingerprint density at radius 3 is 2.38 bits per heavy atom. The number of carbonyl (C=O) groups excluding carboxylic acids is 1.